The van der Waals surface area contributed by atoms with E-state index in [1.165, 1.54) is 0 Å². The fourth-order valence-corrected chi connectivity index (χ4v) is 1.79. The monoisotopic (exact) mass is 224 g/mol. The molecule has 80 valence electrons. The van der Waals surface area contributed by atoms with Gasteiger partial charge in [-0.25, -0.2) is 0 Å². The Morgan fingerprint density at radius 2 is 2.00 bits per heavy atom. The van der Waals surface area contributed by atoms with Crippen LogP contribution < -0.4 is 10.6 Å². The number of benzene rings is 1. The summed E-state index contributed by atoms with van der Waals surface area (Å²) in [6.07, 6.45) is 0.546. The van der Waals surface area contributed by atoms with Gasteiger partial charge in [-0.15, -0.1) is 0 Å². The summed E-state index contributed by atoms with van der Waals surface area (Å²) >= 11 is 5.81. The molecule has 1 aromatic rings. The van der Waals surface area contributed by atoms with Gasteiger partial charge < -0.3 is 10.6 Å². The first-order chi connectivity index (χ1) is 7.25. The zero-order chi connectivity index (χ0) is 10.7. The number of halogens is 1. The molecule has 0 aromatic heterocycles. The van der Waals surface area contributed by atoms with Crippen LogP contribution in [0.3, 0.4) is 0 Å². The Hall–Kier alpha value is -1.06. The molecule has 3 nitrogen and oxygen atoms in total. The van der Waals surface area contributed by atoms with Gasteiger partial charge in [0.25, 0.3) is 0 Å². The fraction of sp³-hybridized carbons (Fsp3) is 0.364. The highest BCUT2D eigenvalue weighted by molar-refractivity contribution is 6.30. The Bertz CT molecular complexity index is 350. The molecular weight excluding hydrogens is 212 g/mol. The Labute approximate surface area is 93.8 Å². The smallest absolute Gasteiger partial charge is 0.221 e. The van der Waals surface area contributed by atoms with Gasteiger partial charge in [0.15, 0.2) is 0 Å². The number of hydrogen-bond donors (Lipinski definition) is 2. The van der Waals surface area contributed by atoms with Crippen molar-refractivity contribution in [2.24, 2.45) is 0 Å². The molecule has 0 saturated carbocycles. The number of carbonyl (C=O) groups is 1. The summed E-state index contributed by atoms with van der Waals surface area (Å²) in [5.74, 6) is 0.0972. The molecular formula is C11H13ClN2O. The van der Waals surface area contributed by atoms with Crippen molar-refractivity contribution in [3.8, 4) is 0 Å². The van der Waals surface area contributed by atoms with Crippen LogP contribution in [0.25, 0.3) is 0 Å². The molecule has 15 heavy (non-hydrogen) atoms. The molecule has 2 N–H and O–H groups in total. The first kappa shape index (κ1) is 10.5. The van der Waals surface area contributed by atoms with Gasteiger partial charge in [0.2, 0.25) is 5.91 Å². The summed E-state index contributed by atoms with van der Waals surface area (Å²) in [4.78, 5) is 11.4. The topological polar surface area (TPSA) is 41.1 Å². The normalized spacial score (nSPS) is 21.9. The first-order valence-corrected chi connectivity index (χ1v) is 5.39. The van der Waals surface area contributed by atoms with Crippen molar-refractivity contribution in [2.45, 2.75) is 12.5 Å². The van der Waals surface area contributed by atoms with E-state index in [1.54, 1.807) is 0 Å². The summed E-state index contributed by atoms with van der Waals surface area (Å²) in [6, 6.07) is 7.62. The fourth-order valence-electron chi connectivity index (χ4n) is 1.66. The maximum Gasteiger partial charge on any atom is 0.221 e. The minimum atomic E-state index is 0.0530. The molecule has 0 bridgehead atoms. The average Bonchev–Trinajstić information content (AvgIpc) is 2.44. The van der Waals surface area contributed by atoms with Crippen molar-refractivity contribution < 1.29 is 4.79 Å². The minimum Gasteiger partial charge on any atom is -0.348 e. The van der Waals surface area contributed by atoms with Crippen LogP contribution in [0.15, 0.2) is 24.3 Å². The van der Waals surface area contributed by atoms with Crippen LogP contribution in [0.4, 0.5) is 0 Å². The number of nitrogens with one attached hydrogen (secondary N) is 2. The van der Waals surface area contributed by atoms with Crippen molar-refractivity contribution in [3.05, 3.63) is 34.9 Å². The van der Waals surface area contributed by atoms with Gasteiger partial charge in [-0.3, -0.25) is 4.79 Å². The zero-order valence-electron chi connectivity index (χ0n) is 8.29. The predicted octanol–water partition coefficient (Wildman–Crippen LogP) is 1.49. The highest BCUT2D eigenvalue weighted by Gasteiger charge is 2.17. The molecule has 4 heteroatoms. The standard InChI is InChI=1S/C11H13ClN2O/c12-9-3-1-8(2-4-9)10-7-13-6-5-11(15)14-10/h1-4,10,13H,5-7H2,(H,14,15). The summed E-state index contributed by atoms with van der Waals surface area (Å²) in [5, 5.41) is 6.91. The molecule has 1 unspecified atom stereocenters. The largest absolute Gasteiger partial charge is 0.348 e. The molecule has 0 aliphatic carbocycles. The van der Waals surface area contributed by atoms with Crippen LogP contribution in [0.2, 0.25) is 5.02 Å². The molecule has 1 aliphatic heterocycles. The lowest BCUT2D eigenvalue weighted by Crippen LogP contribution is -2.30. The molecule has 2 rings (SSSR count). The lowest BCUT2D eigenvalue weighted by Gasteiger charge is -2.16. The Morgan fingerprint density at radius 1 is 1.27 bits per heavy atom. The van der Waals surface area contributed by atoms with E-state index in [4.69, 9.17) is 11.6 Å². The third kappa shape index (κ3) is 2.70. The Balaban J connectivity index is 2.14. The summed E-state index contributed by atoms with van der Waals surface area (Å²) < 4.78 is 0. The predicted molar refractivity (Wildman–Crippen MR) is 59.8 cm³/mol. The second kappa shape index (κ2) is 4.64. The molecule has 1 fully saturated rings. The molecule has 0 radical (unpaired) electrons. The number of amides is 1. The lowest BCUT2D eigenvalue weighted by molar-refractivity contribution is -0.121. The van der Waals surface area contributed by atoms with Crippen LogP contribution >= 0.6 is 11.6 Å². The van der Waals surface area contributed by atoms with Crippen LogP contribution in [0.1, 0.15) is 18.0 Å². The SMILES string of the molecule is O=C1CCNCC(c2ccc(Cl)cc2)N1. The Morgan fingerprint density at radius 3 is 2.73 bits per heavy atom. The van der Waals surface area contributed by atoms with Gasteiger partial charge >= 0.3 is 0 Å². The van der Waals surface area contributed by atoms with E-state index in [9.17, 15) is 4.79 Å². The van der Waals surface area contributed by atoms with Gasteiger partial charge in [0.1, 0.15) is 0 Å². The number of hydrogen-bond acceptors (Lipinski definition) is 2. The first-order valence-electron chi connectivity index (χ1n) is 5.01. The van der Waals surface area contributed by atoms with Crippen molar-refractivity contribution >= 4 is 17.5 Å². The molecule has 1 atom stereocenters. The lowest BCUT2D eigenvalue weighted by atomic mass is 10.1. The van der Waals surface area contributed by atoms with Gasteiger partial charge in [-0.2, -0.15) is 0 Å². The van der Waals surface area contributed by atoms with Crippen molar-refractivity contribution in [1.29, 1.82) is 0 Å². The second-order valence-corrected chi connectivity index (χ2v) is 4.06. The van der Waals surface area contributed by atoms with E-state index in [1.807, 2.05) is 24.3 Å². The van der Waals surface area contributed by atoms with Crippen molar-refractivity contribution in [3.63, 3.8) is 0 Å². The van der Waals surface area contributed by atoms with E-state index in [0.717, 1.165) is 18.7 Å². The quantitative estimate of drug-likeness (QED) is 0.759. The molecule has 0 spiro atoms. The molecule has 1 aromatic carbocycles. The number of rotatable bonds is 1. The van der Waals surface area contributed by atoms with E-state index in [0.29, 0.717) is 11.4 Å². The van der Waals surface area contributed by atoms with E-state index < -0.39 is 0 Å². The van der Waals surface area contributed by atoms with Gasteiger partial charge in [-0.1, -0.05) is 23.7 Å². The minimum absolute atomic E-state index is 0.0530. The third-order valence-electron chi connectivity index (χ3n) is 2.48. The van der Waals surface area contributed by atoms with E-state index in [-0.39, 0.29) is 11.9 Å². The maximum absolute atomic E-state index is 11.4. The van der Waals surface area contributed by atoms with Crippen molar-refractivity contribution in [2.75, 3.05) is 13.1 Å². The molecule has 1 aliphatic rings. The van der Waals surface area contributed by atoms with Gasteiger partial charge in [0, 0.05) is 24.5 Å². The van der Waals surface area contributed by atoms with Gasteiger partial charge in [0.05, 0.1) is 6.04 Å². The van der Waals surface area contributed by atoms with Gasteiger partial charge in [-0.05, 0) is 17.7 Å². The number of carbonyl (C=O) groups excluding carboxylic acids is 1. The molecule has 1 saturated heterocycles. The van der Waals surface area contributed by atoms with E-state index in [2.05, 4.69) is 10.6 Å². The molecule has 1 amide bonds. The zero-order valence-corrected chi connectivity index (χ0v) is 9.05. The van der Waals surface area contributed by atoms with Crippen LogP contribution in [-0.4, -0.2) is 19.0 Å². The summed E-state index contributed by atoms with van der Waals surface area (Å²) in [6.45, 7) is 1.52. The molecule has 1 heterocycles. The third-order valence-corrected chi connectivity index (χ3v) is 2.74. The van der Waals surface area contributed by atoms with Crippen molar-refractivity contribution in [1.82, 2.24) is 10.6 Å². The van der Waals surface area contributed by atoms with Crippen LogP contribution in [0.5, 0.6) is 0 Å². The van der Waals surface area contributed by atoms with E-state index >= 15 is 0 Å². The summed E-state index contributed by atoms with van der Waals surface area (Å²) in [5.41, 5.74) is 1.09. The summed E-state index contributed by atoms with van der Waals surface area (Å²) in [7, 11) is 0. The second-order valence-electron chi connectivity index (χ2n) is 3.63. The maximum atomic E-state index is 11.4. The highest BCUT2D eigenvalue weighted by Crippen LogP contribution is 2.17. The highest BCUT2D eigenvalue weighted by atomic mass is 35.5. The van der Waals surface area contributed by atoms with Crippen LogP contribution in [-0.2, 0) is 4.79 Å². The Kier molecular flexibility index (Phi) is 3.23. The average molecular weight is 225 g/mol. The van der Waals surface area contributed by atoms with Crippen LogP contribution in [0, 0.1) is 0 Å².